The van der Waals surface area contributed by atoms with Crippen LogP contribution in [-0.4, -0.2) is 35.7 Å². The number of thiocarbonyl (C=S) groups is 1. The minimum Gasteiger partial charge on any atom is -0.467 e. The second-order valence-corrected chi connectivity index (χ2v) is 9.03. The van der Waals surface area contributed by atoms with Gasteiger partial charge in [-0.15, -0.1) is 0 Å². The van der Waals surface area contributed by atoms with Crippen LogP contribution in [0.5, 0.6) is 5.75 Å². The number of ether oxygens (including phenoxy) is 1. The summed E-state index contributed by atoms with van der Waals surface area (Å²) in [5.41, 5.74) is 0.716. The summed E-state index contributed by atoms with van der Waals surface area (Å²) in [6, 6.07) is 12.9. The maximum absolute atomic E-state index is 13.3. The summed E-state index contributed by atoms with van der Waals surface area (Å²) in [4.78, 5) is 16.7. The van der Waals surface area contributed by atoms with Gasteiger partial charge < -0.3 is 15.0 Å². The van der Waals surface area contributed by atoms with Crippen LogP contribution in [0.25, 0.3) is 0 Å². The van der Waals surface area contributed by atoms with Crippen molar-refractivity contribution in [2.45, 2.75) is 18.7 Å². The molecule has 146 valence electrons. The molecule has 5 nitrogen and oxygen atoms in total. The molecule has 28 heavy (non-hydrogen) atoms. The molecule has 0 aliphatic carbocycles. The van der Waals surface area contributed by atoms with Gasteiger partial charge in [0.05, 0.1) is 6.04 Å². The van der Waals surface area contributed by atoms with Gasteiger partial charge in [-0.25, -0.2) is 0 Å². The Morgan fingerprint density at radius 2 is 1.96 bits per heavy atom. The SMILES string of the molecule is CN(C)C(=O)[C@@H]1[C@H]2NC(=S)N(c3ccc(Cl)cc3)[C@@]1(C)Oc1ccc(Br)cc12. The highest BCUT2D eigenvalue weighted by atomic mass is 79.9. The average Bonchev–Trinajstić information content (AvgIpc) is 2.63. The van der Waals surface area contributed by atoms with Crippen molar-refractivity contribution in [2.24, 2.45) is 5.92 Å². The van der Waals surface area contributed by atoms with Gasteiger partial charge in [0, 0.05) is 34.8 Å². The summed E-state index contributed by atoms with van der Waals surface area (Å²) < 4.78 is 7.41. The molecule has 2 aliphatic heterocycles. The fourth-order valence-electron chi connectivity index (χ4n) is 3.99. The summed E-state index contributed by atoms with van der Waals surface area (Å²) in [5.74, 6) is 0.186. The van der Waals surface area contributed by atoms with Crippen LogP contribution in [-0.2, 0) is 4.79 Å². The molecule has 0 radical (unpaired) electrons. The maximum atomic E-state index is 13.3. The van der Waals surface area contributed by atoms with Crippen LogP contribution >= 0.6 is 39.7 Å². The standard InChI is InChI=1S/C20H19BrClN3O2S/c1-20-16(18(26)24(2)3)17(14-10-11(21)4-9-15(14)27-20)23-19(28)25(20)13-7-5-12(22)6-8-13/h4-10,16-17H,1-3H3,(H,23,28)/t16-,17-,20-/m0/s1. The van der Waals surface area contributed by atoms with Crippen LogP contribution in [0, 0.1) is 5.92 Å². The van der Waals surface area contributed by atoms with Crippen molar-refractivity contribution in [1.82, 2.24) is 10.2 Å². The van der Waals surface area contributed by atoms with Crippen molar-refractivity contribution >= 4 is 56.5 Å². The van der Waals surface area contributed by atoms with E-state index >= 15 is 0 Å². The monoisotopic (exact) mass is 479 g/mol. The number of nitrogens with one attached hydrogen (secondary N) is 1. The lowest BCUT2D eigenvalue weighted by Crippen LogP contribution is -2.72. The van der Waals surface area contributed by atoms with Gasteiger partial charge >= 0.3 is 0 Å². The molecule has 1 amide bonds. The van der Waals surface area contributed by atoms with E-state index in [1.807, 2.05) is 42.2 Å². The Hall–Kier alpha value is -1.83. The van der Waals surface area contributed by atoms with Gasteiger partial charge in [-0.2, -0.15) is 0 Å². The molecular formula is C20H19BrClN3O2S. The number of hydrogen-bond acceptors (Lipinski definition) is 3. The predicted molar refractivity (Wildman–Crippen MR) is 118 cm³/mol. The van der Waals surface area contributed by atoms with Gasteiger partial charge in [0.2, 0.25) is 5.91 Å². The normalized spacial score (nSPS) is 25.5. The Morgan fingerprint density at radius 3 is 2.61 bits per heavy atom. The van der Waals surface area contributed by atoms with Gasteiger partial charge in [0.1, 0.15) is 11.7 Å². The van der Waals surface area contributed by atoms with Crippen LogP contribution in [0.1, 0.15) is 18.5 Å². The van der Waals surface area contributed by atoms with E-state index in [0.717, 1.165) is 21.5 Å². The lowest BCUT2D eigenvalue weighted by molar-refractivity contribution is -0.144. The minimum absolute atomic E-state index is 0.0351. The quantitative estimate of drug-likeness (QED) is 0.648. The van der Waals surface area contributed by atoms with Gasteiger partial charge in [0.25, 0.3) is 0 Å². The topological polar surface area (TPSA) is 44.8 Å². The number of carbonyl (C=O) groups excluding carboxylic acids is 1. The third-order valence-electron chi connectivity index (χ3n) is 5.25. The number of nitrogens with zero attached hydrogens (tertiary/aromatic N) is 2. The molecule has 2 aromatic carbocycles. The number of benzene rings is 2. The van der Waals surface area contributed by atoms with E-state index < -0.39 is 11.6 Å². The van der Waals surface area contributed by atoms with Crippen LogP contribution in [0.4, 0.5) is 5.69 Å². The average molecular weight is 481 g/mol. The molecule has 2 heterocycles. The van der Waals surface area contributed by atoms with E-state index in [0.29, 0.717) is 10.1 Å². The highest BCUT2D eigenvalue weighted by Gasteiger charge is 2.59. The highest BCUT2D eigenvalue weighted by Crippen LogP contribution is 2.50. The van der Waals surface area contributed by atoms with Gasteiger partial charge in [-0.05, 0) is 61.6 Å². The van der Waals surface area contributed by atoms with E-state index in [1.165, 1.54) is 0 Å². The van der Waals surface area contributed by atoms with E-state index in [9.17, 15) is 4.79 Å². The summed E-state index contributed by atoms with van der Waals surface area (Å²) >= 11 is 15.3. The summed E-state index contributed by atoms with van der Waals surface area (Å²) in [6.07, 6.45) is 0. The fraction of sp³-hybridized carbons (Fsp3) is 0.300. The Morgan fingerprint density at radius 1 is 1.29 bits per heavy atom. The number of rotatable bonds is 2. The second-order valence-electron chi connectivity index (χ2n) is 7.29. The number of anilines is 1. The zero-order valence-electron chi connectivity index (χ0n) is 15.6. The molecule has 1 saturated heterocycles. The summed E-state index contributed by atoms with van der Waals surface area (Å²) in [5, 5.41) is 4.51. The third kappa shape index (κ3) is 2.96. The highest BCUT2D eigenvalue weighted by molar-refractivity contribution is 9.10. The number of fused-ring (bicyclic) bond motifs is 4. The molecule has 0 unspecified atom stereocenters. The number of halogens is 2. The number of amides is 1. The molecule has 2 bridgehead atoms. The van der Waals surface area contributed by atoms with Crippen molar-refractivity contribution in [2.75, 3.05) is 19.0 Å². The minimum atomic E-state index is -0.997. The molecule has 1 fully saturated rings. The van der Waals surface area contributed by atoms with Crippen LogP contribution in [0.3, 0.4) is 0 Å². The first-order chi connectivity index (χ1) is 13.2. The zero-order valence-corrected chi connectivity index (χ0v) is 18.7. The van der Waals surface area contributed by atoms with Crippen molar-refractivity contribution in [1.29, 1.82) is 0 Å². The molecule has 0 spiro atoms. The lowest BCUT2D eigenvalue weighted by atomic mass is 9.78. The van der Waals surface area contributed by atoms with E-state index in [2.05, 4.69) is 21.2 Å². The van der Waals surface area contributed by atoms with Crippen LogP contribution in [0.2, 0.25) is 5.02 Å². The first-order valence-corrected chi connectivity index (χ1v) is 10.4. The van der Waals surface area contributed by atoms with Crippen molar-refractivity contribution < 1.29 is 9.53 Å². The number of carbonyl (C=O) groups is 1. The molecule has 0 saturated carbocycles. The number of hydrogen-bond donors (Lipinski definition) is 1. The maximum Gasteiger partial charge on any atom is 0.233 e. The molecule has 3 atom stereocenters. The summed E-state index contributed by atoms with van der Waals surface area (Å²) in [7, 11) is 3.51. The smallest absolute Gasteiger partial charge is 0.233 e. The molecule has 8 heteroatoms. The second kappa shape index (κ2) is 6.90. The molecule has 2 aromatic rings. The molecule has 1 N–H and O–H groups in total. The Balaban J connectivity index is 1.91. The van der Waals surface area contributed by atoms with Gasteiger partial charge in [-0.1, -0.05) is 27.5 Å². The van der Waals surface area contributed by atoms with Crippen molar-refractivity contribution in [3.8, 4) is 5.75 Å². The molecule has 2 aliphatic rings. The molecule has 4 rings (SSSR count). The van der Waals surface area contributed by atoms with Crippen molar-refractivity contribution in [3.05, 3.63) is 57.5 Å². The lowest BCUT2D eigenvalue weighted by Gasteiger charge is -2.56. The van der Waals surface area contributed by atoms with Crippen molar-refractivity contribution in [3.63, 3.8) is 0 Å². The molecule has 0 aromatic heterocycles. The van der Waals surface area contributed by atoms with Crippen LogP contribution in [0.15, 0.2) is 46.9 Å². The zero-order chi connectivity index (χ0) is 20.2. The first-order valence-electron chi connectivity index (χ1n) is 8.78. The fourth-order valence-corrected chi connectivity index (χ4v) is 4.91. The van der Waals surface area contributed by atoms with Crippen LogP contribution < -0.4 is 15.0 Å². The third-order valence-corrected chi connectivity index (χ3v) is 6.30. The predicted octanol–water partition coefficient (Wildman–Crippen LogP) is 4.35. The Kier molecular flexibility index (Phi) is 4.80. The summed E-state index contributed by atoms with van der Waals surface area (Å²) in [6.45, 7) is 1.92. The largest absolute Gasteiger partial charge is 0.467 e. The van der Waals surface area contributed by atoms with E-state index in [1.54, 1.807) is 31.1 Å². The first kappa shape index (κ1) is 19.5. The van der Waals surface area contributed by atoms with E-state index in [-0.39, 0.29) is 11.9 Å². The molecular weight excluding hydrogens is 462 g/mol. The van der Waals surface area contributed by atoms with Gasteiger partial charge in [-0.3, -0.25) is 9.69 Å². The van der Waals surface area contributed by atoms with E-state index in [4.69, 9.17) is 28.6 Å². The Labute approximate surface area is 182 Å². The van der Waals surface area contributed by atoms with Gasteiger partial charge in [0.15, 0.2) is 10.8 Å². The Bertz CT molecular complexity index is 968.